The number of methoxy groups -OCH3 is 1. The number of amides is 2. The fraction of sp³-hybridized carbons (Fsp3) is 0.111. The van der Waals surface area contributed by atoms with E-state index >= 15 is 0 Å². The molecule has 9 heteroatoms. The highest BCUT2D eigenvalue weighted by atomic mass is 32.2. The summed E-state index contributed by atoms with van der Waals surface area (Å²) in [5, 5.41) is 20.2. The van der Waals surface area contributed by atoms with Gasteiger partial charge in [-0.3, -0.25) is 24.6 Å². The van der Waals surface area contributed by atoms with Gasteiger partial charge >= 0.3 is 0 Å². The lowest BCUT2D eigenvalue weighted by molar-refractivity contribution is -0.384. The Morgan fingerprint density at radius 3 is 2.70 bits per heavy atom. The Morgan fingerprint density at radius 1 is 1.26 bits per heavy atom. The third kappa shape index (κ3) is 3.93. The van der Waals surface area contributed by atoms with Crippen LogP contribution in [-0.2, 0) is 11.3 Å². The Morgan fingerprint density at radius 2 is 2.04 bits per heavy atom. The molecule has 1 aliphatic rings. The highest BCUT2D eigenvalue weighted by molar-refractivity contribution is 8.18. The van der Waals surface area contributed by atoms with Crippen LogP contribution in [0.25, 0.3) is 6.08 Å². The van der Waals surface area contributed by atoms with Gasteiger partial charge in [0.05, 0.1) is 23.5 Å². The van der Waals surface area contributed by atoms with Crippen molar-refractivity contribution in [2.45, 2.75) is 6.54 Å². The number of thioether (sulfide) groups is 1. The average Bonchev–Trinajstić information content (AvgIpc) is 2.89. The number of nitro benzene ring substituents is 1. The third-order valence-corrected chi connectivity index (χ3v) is 4.74. The molecule has 1 heterocycles. The normalized spacial score (nSPS) is 15.4. The molecule has 27 heavy (non-hydrogen) atoms. The van der Waals surface area contributed by atoms with Crippen molar-refractivity contribution in [3.63, 3.8) is 0 Å². The lowest BCUT2D eigenvalue weighted by atomic mass is 10.1. The van der Waals surface area contributed by atoms with Crippen molar-refractivity contribution in [2.75, 3.05) is 7.11 Å². The van der Waals surface area contributed by atoms with E-state index in [-0.39, 0.29) is 22.9 Å². The molecule has 138 valence electrons. The lowest BCUT2D eigenvalue weighted by Gasteiger charge is -2.12. The van der Waals surface area contributed by atoms with Gasteiger partial charge in [0.1, 0.15) is 0 Å². The van der Waals surface area contributed by atoms with Crippen LogP contribution in [0.1, 0.15) is 11.1 Å². The topological polar surface area (TPSA) is 110 Å². The van der Waals surface area contributed by atoms with Gasteiger partial charge in [-0.25, -0.2) is 0 Å². The number of ether oxygens (including phenoxy) is 1. The van der Waals surface area contributed by atoms with Crippen molar-refractivity contribution < 1.29 is 24.4 Å². The highest BCUT2D eigenvalue weighted by Gasteiger charge is 2.35. The minimum absolute atomic E-state index is 0.0580. The fourth-order valence-electron chi connectivity index (χ4n) is 2.54. The highest BCUT2D eigenvalue weighted by Crippen LogP contribution is 2.35. The van der Waals surface area contributed by atoms with Crippen molar-refractivity contribution in [2.24, 2.45) is 0 Å². The van der Waals surface area contributed by atoms with Crippen LogP contribution >= 0.6 is 11.8 Å². The number of non-ortho nitro benzene ring substituents is 1. The minimum Gasteiger partial charge on any atom is -0.504 e. The summed E-state index contributed by atoms with van der Waals surface area (Å²) < 4.78 is 4.96. The van der Waals surface area contributed by atoms with Gasteiger partial charge in [0.2, 0.25) is 0 Å². The maximum Gasteiger partial charge on any atom is 0.293 e. The molecule has 2 aromatic carbocycles. The largest absolute Gasteiger partial charge is 0.504 e. The molecule has 0 aromatic heterocycles. The molecule has 0 atom stereocenters. The number of benzene rings is 2. The summed E-state index contributed by atoms with van der Waals surface area (Å²) >= 11 is 0.774. The summed E-state index contributed by atoms with van der Waals surface area (Å²) in [5.41, 5.74) is 0.910. The molecular formula is C18H14N2O6S. The van der Waals surface area contributed by atoms with Gasteiger partial charge in [0.25, 0.3) is 16.8 Å². The van der Waals surface area contributed by atoms with E-state index in [1.807, 2.05) is 0 Å². The molecule has 1 aliphatic heterocycles. The van der Waals surface area contributed by atoms with Crippen molar-refractivity contribution in [3.8, 4) is 11.5 Å². The predicted octanol–water partition coefficient (Wildman–Crippen LogP) is 3.55. The number of phenolic OH excluding ortho intramolecular Hbond substituents is 1. The van der Waals surface area contributed by atoms with Crippen LogP contribution in [0.2, 0.25) is 0 Å². The van der Waals surface area contributed by atoms with Crippen LogP contribution in [0.15, 0.2) is 47.4 Å². The van der Waals surface area contributed by atoms with Crippen LogP contribution in [0.5, 0.6) is 11.5 Å². The first-order valence-corrected chi connectivity index (χ1v) is 8.56. The Kier molecular flexibility index (Phi) is 5.13. The summed E-state index contributed by atoms with van der Waals surface area (Å²) in [5.74, 6) is -0.278. The molecule has 0 saturated carbocycles. The Hall–Kier alpha value is -3.33. The quantitative estimate of drug-likeness (QED) is 0.475. The molecule has 0 aliphatic carbocycles. The second kappa shape index (κ2) is 7.50. The fourth-order valence-corrected chi connectivity index (χ4v) is 3.37. The van der Waals surface area contributed by atoms with Gasteiger partial charge in [0.15, 0.2) is 11.5 Å². The SMILES string of the molecule is COc1ccc(/C=C2\SC(=O)N(Cc3cccc([N+](=O)[O-])c3)C2=O)cc1O. The van der Waals surface area contributed by atoms with Crippen LogP contribution in [0.4, 0.5) is 10.5 Å². The smallest absolute Gasteiger partial charge is 0.293 e. The van der Waals surface area contributed by atoms with Gasteiger partial charge < -0.3 is 9.84 Å². The number of carbonyl (C=O) groups excluding carboxylic acids is 2. The molecule has 1 N–H and O–H groups in total. The van der Waals surface area contributed by atoms with E-state index in [4.69, 9.17) is 4.74 Å². The van der Waals surface area contributed by atoms with E-state index in [1.165, 1.54) is 37.5 Å². The van der Waals surface area contributed by atoms with Crippen molar-refractivity contribution >= 4 is 34.7 Å². The molecule has 0 spiro atoms. The molecule has 0 radical (unpaired) electrons. The lowest BCUT2D eigenvalue weighted by Crippen LogP contribution is -2.27. The number of aromatic hydroxyl groups is 1. The van der Waals surface area contributed by atoms with E-state index in [9.17, 15) is 24.8 Å². The zero-order chi connectivity index (χ0) is 19.6. The van der Waals surface area contributed by atoms with Crippen molar-refractivity contribution in [1.82, 2.24) is 4.90 Å². The molecule has 3 rings (SSSR count). The molecule has 0 unspecified atom stereocenters. The first-order chi connectivity index (χ1) is 12.9. The van der Waals surface area contributed by atoms with E-state index in [2.05, 4.69) is 0 Å². The predicted molar refractivity (Wildman–Crippen MR) is 99.3 cm³/mol. The number of hydrogen-bond donors (Lipinski definition) is 1. The summed E-state index contributed by atoms with van der Waals surface area (Å²) in [4.78, 5) is 36.3. The van der Waals surface area contributed by atoms with Crippen LogP contribution in [0.3, 0.4) is 0 Å². The molecule has 1 saturated heterocycles. The minimum atomic E-state index is -0.534. The van der Waals surface area contributed by atoms with E-state index < -0.39 is 16.1 Å². The number of carbonyl (C=O) groups is 2. The van der Waals surface area contributed by atoms with Gasteiger partial charge in [-0.1, -0.05) is 18.2 Å². The van der Waals surface area contributed by atoms with Gasteiger partial charge in [0, 0.05) is 12.1 Å². The van der Waals surface area contributed by atoms with Gasteiger partial charge in [-0.2, -0.15) is 0 Å². The second-order valence-electron chi connectivity index (χ2n) is 5.63. The Bertz CT molecular complexity index is 972. The number of phenols is 1. The third-order valence-electron chi connectivity index (χ3n) is 3.84. The van der Waals surface area contributed by atoms with E-state index in [1.54, 1.807) is 18.2 Å². The molecule has 1 fully saturated rings. The molecular weight excluding hydrogens is 372 g/mol. The number of hydrogen-bond acceptors (Lipinski definition) is 7. The summed E-state index contributed by atoms with van der Waals surface area (Å²) in [6.45, 7) is -0.0580. The van der Waals surface area contributed by atoms with Gasteiger partial charge in [-0.15, -0.1) is 0 Å². The average molecular weight is 386 g/mol. The summed E-state index contributed by atoms with van der Waals surface area (Å²) in [6.07, 6.45) is 1.50. The summed E-state index contributed by atoms with van der Waals surface area (Å²) in [6, 6.07) is 10.4. The standard InChI is InChI=1S/C18H14N2O6S/c1-26-15-6-5-11(8-14(15)21)9-16-17(22)19(18(23)27-16)10-12-3-2-4-13(7-12)20(24)25/h2-9,21H,10H2,1H3/b16-9-. The van der Waals surface area contributed by atoms with E-state index in [0.717, 1.165) is 16.7 Å². The molecule has 8 nitrogen and oxygen atoms in total. The monoisotopic (exact) mass is 386 g/mol. The van der Waals surface area contributed by atoms with Crippen LogP contribution in [0, 0.1) is 10.1 Å². The number of rotatable bonds is 5. The number of nitrogens with zero attached hydrogens (tertiary/aromatic N) is 2. The van der Waals surface area contributed by atoms with Crippen LogP contribution in [-0.4, -0.2) is 33.2 Å². The van der Waals surface area contributed by atoms with Crippen molar-refractivity contribution in [1.29, 1.82) is 0 Å². The Labute approximate surface area is 158 Å². The summed E-state index contributed by atoms with van der Waals surface area (Å²) in [7, 11) is 1.42. The number of imide groups is 1. The van der Waals surface area contributed by atoms with Crippen LogP contribution < -0.4 is 4.74 Å². The molecule has 2 aromatic rings. The first kappa shape index (κ1) is 18.5. The zero-order valence-corrected chi connectivity index (χ0v) is 14.9. The maximum atomic E-state index is 12.5. The van der Waals surface area contributed by atoms with Gasteiger partial charge in [-0.05, 0) is 41.1 Å². The maximum absolute atomic E-state index is 12.5. The Balaban J connectivity index is 1.81. The molecule has 2 amide bonds. The second-order valence-corrected chi connectivity index (χ2v) is 6.62. The zero-order valence-electron chi connectivity index (χ0n) is 14.1. The van der Waals surface area contributed by atoms with Crippen molar-refractivity contribution in [3.05, 3.63) is 68.6 Å². The molecule has 0 bridgehead atoms. The van der Waals surface area contributed by atoms with E-state index in [0.29, 0.717) is 16.9 Å². The first-order valence-electron chi connectivity index (χ1n) is 7.74. The number of nitro groups is 1.